The first-order chi connectivity index (χ1) is 11.8. The summed E-state index contributed by atoms with van der Waals surface area (Å²) < 4.78 is 5.31. The van der Waals surface area contributed by atoms with Crippen molar-refractivity contribution in [1.29, 1.82) is 0 Å². The van der Waals surface area contributed by atoms with Crippen LogP contribution in [0, 0.1) is 0 Å². The molecule has 2 aromatic carbocycles. The SMILES string of the molecule is COc1ccc2ncc(-c3ccc(N4CCNCC4)cc3)cc2c1. The maximum absolute atomic E-state index is 5.31. The molecule has 1 aliphatic rings. The zero-order valence-corrected chi connectivity index (χ0v) is 13.8. The number of fused-ring (bicyclic) bond motifs is 1. The van der Waals surface area contributed by atoms with E-state index in [2.05, 4.69) is 45.5 Å². The fraction of sp³-hybridized carbons (Fsp3) is 0.250. The van der Waals surface area contributed by atoms with Crippen LogP contribution in [0.2, 0.25) is 0 Å². The van der Waals surface area contributed by atoms with Crippen LogP contribution in [0.25, 0.3) is 22.0 Å². The van der Waals surface area contributed by atoms with Gasteiger partial charge in [-0.2, -0.15) is 0 Å². The molecule has 4 rings (SSSR count). The van der Waals surface area contributed by atoms with E-state index in [0.29, 0.717) is 0 Å². The summed E-state index contributed by atoms with van der Waals surface area (Å²) in [6.45, 7) is 4.24. The van der Waals surface area contributed by atoms with Gasteiger partial charge in [-0.1, -0.05) is 12.1 Å². The number of pyridine rings is 1. The molecule has 0 bridgehead atoms. The maximum Gasteiger partial charge on any atom is 0.119 e. The quantitative estimate of drug-likeness (QED) is 0.803. The van der Waals surface area contributed by atoms with Crippen LogP contribution in [0.4, 0.5) is 5.69 Å². The van der Waals surface area contributed by atoms with E-state index in [1.54, 1.807) is 7.11 Å². The number of piperazine rings is 1. The number of aromatic nitrogens is 1. The second-order valence-corrected chi connectivity index (χ2v) is 6.07. The Kier molecular flexibility index (Phi) is 4.05. The van der Waals surface area contributed by atoms with E-state index in [9.17, 15) is 0 Å². The Bertz CT molecular complexity index is 839. The number of nitrogens with zero attached hydrogens (tertiary/aromatic N) is 2. The normalized spacial score (nSPS) is 14.8. The zero-order chi connectivity index (χ0) is 16.4. The molecule has 1 aliphatic heterocycles. The Balaban J connectivity index is 1.64. The van der Waals surface area contributed by atoms with Crippen molar-refractivity contribution in [2.45, 2.75) is 0 Å². The summed E-state index contributed by atoms with van der Waals surface area (Å²) in [4.78, 5) is 6.99. The molecule has 0 saturated carbocycles. The summed E-state index contributed by atoms with van der Waals surface area (Å²) in [5.74, 6) is 0.857. The first-order valence-electron chi connectivity index (χ1n) is 8.33. The molecule has 0 aliphatic carbocycles. The predicted octanol–water partition coefficient (Wildman–Crippen LogP) is 3.32. The summed E-state index contributed by atoms with van der Waals surface area (Å²) in [5, 5.41) is 4.48. The molecule has 2 heterocycles. The molecule has 0 radical (unpaired) electrons. The lowest BCUT2D eigenvalue weighted by Gasteiger charge is -2.29. The predicted molar refractivity (Wildman–Crippen MR) is 98.8 cm³/mol. The Morgan fingerprint density at radius 1 is 0.958 bits per heavy atom. The summed E-state index contributed by atoms with van der Waals surface area (Å²) in [7, 11) is 1.69. The minimum absolute atomic E-state index is 0.857. The van der Waals surface area contributed by atoms with Crippen LogP contribution >= 0.6 is 0 Å². The second-order valence-electron chi connectivity index (χ2n) is 6.07. The molecule has 0 spiro atoms. The van der Waals surface area contributed by atoms with Gasteiger partial charge in [0.1, 0.15) is 5.75 Å². The Morgan fingerprint density at radius 2 is 1.75 bits per heavy atom. The van der Waals surface area contributed by atoms with Crippen LogP contribution in [0.1, 0.15) is 0 Å². The summed E-state index contributed by atoms with van der Waals surface area (Å²) in [6, 6.07) is 16.9. The molecule has 4 heteroatoms. The number of anilines is 1. The molecular formula is C20H21N3O. The van der Waals surface area contributed by atoms with Gasteiger partial charge in [0.25, 0.3) is 0 Å². The topological polar surface area (TPSA) is 37.4 Å². The van der Waals surface area contributed by atoms with Crippen molar-refractivity contribution in [3.8, 4) is 16.9 Å². The van der Waals surface area contributed by atoms with Crippen molar-refractivity contribution in [3.63, 3.8) is 0 Å². The number of ether oxygens (including phenoxy) is 1. The molecule has 122 valence electrons. The summed E-state index contributed by atoms with van der Waals surface area (Å²) in [6.07, 6.45) is 1.94. The highest BCUT2D eigenvalue weighted by atomic mass is 16.5. The summed E-state index contributed by atoms with van der Waals surface area (Å²) >= 11 is 0. The first-order valence-corrected chi connectivity index (χ1v) is 8.33. The molecule has 0 amide bonds. The zero-order valence-electron chi connectivity index (χ0n) is 13.8. The highest BCUT2D eigenvalue weighted by molar-refractivity contribution is 5.84. The molecule has 0 atom stereocenters. The lowest BCUT2D eigenvalue weighted by atomic mass is 10.0. The van der Waals surface area contributed by atoms with Gasteiger partial charge < -0.3 is 15.0 Å². The highest BCUT2D eigenvalue weighted by Gasteiger charge is 2.10. The molecule has 3 aromatic rings. The fourth-order valence-electron chi connectivity index (χ4n) is 3.18. The average Bonchev–Trinajstić information content (AvgIpc) is 2.68. The van der Waals surface area contributed by atoms with Crippen molar-refractivity contribution < 1.29 is 4.74 Å². The van der Waals surface area contributed by atoms with Gasteiger partial charge in [0, 0.05) is 49.0 Å². The fourth-order valence-corrected chi connectivity index (χ4v) is 3.18. The van der Waals surface area contributed by atoms with E-state index < -0.39 is 0 Å². The number of nitrogens with one attached hydrogen (secondary N) is 1. The maximum atomic E-state index is 5.31. The van der Waals surface area contributed by atoms with Crippen molar-refractivity contribution >= 4 is 16.6 Å². The van der Waals surface area contributed by atoms with Crippen molar-refractivity contribution in [2.24, 2.45) is 0 Å². The number of hydrogen-bond donors (Lipinski definition) is 1. The van der Waals surface area contributed by atoms with Crippen LogP contribution in [0.3, 0.4) is 0 Å². The second kappa shape index (κ2) is 6.49. The van der Waals surface area contributed by atoms with Gasteiger partial charge in [0.15, 0.2) is 0 Å². The van der Waals surface area contributed by atoms with Crippen LogP contribution in [0.15, 0.2) is 54.7 Å². The van der Waals surface area contributed by atoms with E-state index in [0.717, 1.165) is 48.4 Å². The highest BCUT2D eigenvalue weighted by Crippen LogP contribution is 2.27. The molecule has 1 aromatic heterocycles. The number of hydrogen-bond acceptors (Lipinski definition) is 4. The monoisotopic (exact) mass is 319 g/mol. The van der Waals surface area contributed by atoms with E-state index in [4.69, 9.17) is 4.74 Å². The lowest BCUT2D eigenvalue weighted by molar-refractivity contribution is 0.415. The summed E-state index contributed by atoms with van der Waals surface area (Å²) in [5.41, 5.74) is 4.58. The van der Waals surface area contributed by atoms with Crippen LogP contribution < -0.4 is 15.0 Å². The molecule has 4 nitrogen and oxygen atoms in total. The van der Waals surface area contributed by atoms with E-state index in [1.807, 2.05) is 24.4 Å². The van der Waals surface area contributed by atoms with Crippen molar-refractivity contribution in [2.75, 3.05) is 38.2 Å². The average molecular weight is 319 g/mol. The standard InChI is InChI=1S/C20H21N3O/c1-24-19-6-7-20-16(13-19)12-17(14-22-20)15-2-4-18(5-3-15)23-10-8-21-9-11-23/h2-7,12-14,21H,8-11H2,1H3. The van der Waals surface area contributed by atoms with Crippen LogP contribution in [-0.2, 0) is 0 Å². The number of rotatable bonds is 3. The lowest BCUT2D eigenvalue weighted by Crippen LogP contribution is -2.43. The van der Waals surface area contributed by atoms with E-state index in [-0.39, 0.29) is 0 Å². The molecule has 24 heavy (non-hydrogen) atoms. The molecular weight excluding hydrogens is 298 g/mol. The van der Waals surface area contributed by atoms with E-state index >= 15 is 0 Å². The number of benzene rings is 2. The van der Waals surface area contributed by atoms with Gasteiger partial charge in [-0.3, -0.25) is 4.98 Å². The number of methoxy groups -OCH3 is 1. The van der Waals surface area contributed by atoms with Gasteiger partial charge >= 0.3 is 0 Å². The molecule has 0 unspecified atom stereocenters. The molecule has 1 saturated heterocycles. The largest absolute Gasteiger partial charge is 0.497 e. The molecule has 1 fully saturated rings. The third kappa shape index (κ3) is 2.93. The minimum Gasteiger partial charge on any atom is -0.497 e. The first kappa shape index (κ1) is 15.0. The third-order valence-corrected chi connectivity index (χ3v) is 4.57. The van der Waals surface area contributed by atoms with Gasteiger partial charge in [0.2, 0.25) is 0 Å². The van der Waals surface area contributed by atoms with E-state index in [1.165, 1.54) is 11.3 Å². The Hall–Kier alpha value is -2.59. The van der Waals surface area contributed by atoms with Gasteiger partial charge in [-0.05, 0) is 42.0 Å². The van der Waals surface area contributed by atoms with Crippen LogP contribution in [0.5, 0.6) is 5.75 Å². The van der Waals surface area contributed by atoms with Crippen LogP contribution in [-0.4, -0.2) is 38.3 Å². The van der Waals surface area contributed by atoms with Crippen molar-refractivity contribution in [3.05, 3.63) is 54.7 Å². The van der Waals surface area contributed by atoms with Gasteiger partial charge in [-0.15, -0.1) is 0 Å². The Labute approximate surface area is 142 Å². The third-order valence-electron chi connectivity index (χ3n) is 4.57. The molecule has 1 N–H and O–H groups in total. The van der Waals surface area contributed by atoms with Crippen molar-refractivity contribution in [1.82, 2.24) is 10.3 Å². The van der Waals surface area contributed by atoms with Gasteiger partial charge in [0.05, 0.1) is 12.6 Å². The smallest absolute Gasteiger partial charge is 0.119 e. The minimum atomic E-state index is 0.857. The Morgan fingerprint density at radius 3 is 2.50 bits per heavy atom. The van der Waals surface area contributed by atoms with Gasteiger partial charge in [-0.25, -0.2) is 0 Å².